The van der Waals surface area contributed by atoms with Crippen molar-refractivity contribution in [1.82, 2.24) is 0 Å². The van der Waals surface area contributed by atoms with Crippen LogP contribution in [-0.2, 0) is 9.59 Å². The van der Waals surface area contributed by atoms with Gasteiger partial charge in [-0.05, 0) is 6.92 Å². The van der Waals surface area contributed by atoms with Crippen molar-refractivity contribution in [2.24, 2.45) is 0 Å². The van der Waals surface area contributed by atoms with Gasteiger partial charge in [0.05, 0.1) is 6.42 Å². The van der Waals surface area contributed by atoms with Gasteiger partial charge in [0, 0.05) is 0 Å². The summed E-state index contributed by atoms with van der Waals surface area (Å²) in [6, 6.07) is 0. The maximum absolute atomic E-state index is 10.6. The van der Waals surface area contributed by atoms with E-state index in [2.05, 4.69) is 31.9 Å². The number of hydrogen-bond donors (Lipinski definition) is 0. The van der Waals surface area contributed by atoms with E-state index < -0.39 is 0 Å². The fourth-order valence-electron chi connectivity index (χ4n) is 0.323. The van der Waals surface area contributed by atoms with Gasteiger partial charge in [0.2, 0.25) is 0 Å². The van der Waals surface area contributed by atoms with Gasteiger partial charge in [-0.1, -0.05) is 31.9 Å². The molecule has 4 heteroatoms. The van der Waals surface area contributed by atoms with Gasteiger partial charge in [-0.25, -0.2) is 0 Å². The van der Waals surface area contributed by atoms with Crippen LogP contribution in [0.25, 0.3) is 0 Å². The van der Waals surface area contributed by atoms with Gasteiger partial charge in [0.15, 0.2) is 5.78 Å². The highest BCUT2D eigenvalue weighted by atomic mass is 79.9. The van der Waals surface area contributed by atoms with Crippen LogP contribution in [0.2, 0.25) is 0 Å². The van der Waals surface area contributed by atoms with Gasteiger partial charge in [-0.3, -0.25) is 9.59 Å². The minimum atomic E-state index is -0.381. The summed E-state index contributed by atoms with van der Waals surface area (Å²) in [7, 11) is 0. The normalized spacial score (nSPS) is 9.78. The summed E-state index contributed by atoms with van der Waals surface area (Å²) in [5.41, 5.74) is 0. The first-order chi connectivity index (χ1) is 4.04. The van der Waals surface area contributed by atoms with Crippen LogP contribution >= 0.6 is 31.9 Å². The molecule has 0 spiro atoms. The molecule has 0 aliphatic heterocycles. The second-order valence-corrected chi connectivity index (χ2v) is 4.71. The zero-order chi connectivity index (χ0) is 7.44. The third-order valence-corrected chi connectivity index (χ3v) is 1.69. The molecule has 0 aliphatic rings. The first-order valence-electron chi connectivity index (χ1n) is 2.34. The molecule has 0 saturated carbocycles. The smallest absolute Gasteiger partial charge is 0.164 e. The van der Waals surface area contributed by atoms with E-state index in [1.807, 2.05) is 0 Å². The van der Waals surface area contributed by atoms with Gasteiger partial charge in [0.1, 0.15) is 9.52 Å². The van der Waals surface area contributed by atoms with E-state index in [0.29, 0.717) is 0 Å². The summed E-state index contributed by atoms with van der Waals surface area (Å²) < 4.78 is -0.381. The molecule has 52 valence electrons. The second-order valence-electron chi connectivity index (χ2n) is 1.65. The number of Topliss-reactive ketones (excluding diaryl/α,β-unsaturated/α-hetero) is 2. The maximum atomic E-state index is 10.6. The average molecular weight is 258 g/mol. The summed E-state index contributed by atoms with van der Waals surface area (Å²) in [5.74, 6) is -0.244. The topological polar surface area (TPSA) is 34.1 Å². The van der Waals surface area contributed by atoms with Gasteiger partial charge in [-0.2, -0.15) is 0 Å². The van der Waals surface area contributed by atoms with Gasteiger partial charge in [0.25, 0.3) is 0 Å². The van der Waals surface area contributed by atoms with Gasteiger partial charge in [-0.15, -0.1) is 0 Å². The number of ketones is 2. The minimum Gasteiger partial charge on any atom is -0.300 e. The summed E-state index contributed by atoms with van der Waals surface area (Å²) >= 11 is 5.97. The summed E-state index contributed by atoms with van der Waals surface area (Å²) in [6.45, 7) is 1.39. The molecule has 0 N–H and O–H groups in total. The molecule has 0 saturated heterocycles. The predicted octanol–water partition coefficient (Wildman–Crippen LogP) is 1.65. The van der Waals surface area contributed by atoms with Gasteiger partial charge < -0.3 is 0 Å². The zero-order valence-corrected chi connectivity index (χ0v) is 8.03. The molecule has 0 rings (SSSR count). The molecule has 0 fully saturated rings. The Morgan fingerprint density at radius 1 is 1.44 bits per heavy atom. The number of hydrogen-bond acceptors (Lipinski definition) is 2. The van der Waals surface area contributed by atoms with Crippen molar-refractivity contribution in [2.75, 3.05) is 0 Å². The molecule has 0 unspecified atom stereocenters. The molecule has 0 atom stereocenters. The second kappa shape index (κ2) is 4.17. The maximum Gasteiger partial charge on any atom is 0.164 e. The molecule has 0 aromatic rings. The van der Waals surface area contributed by atoms with E-state index in [1.54, 1.807) is 0 Å². The lowest BCUT2D eigenvalue weighted by Crippen LogP contribution is -2.10. The number of carbonyl (C=O) groups excluding carboxylic acids is 2. The van der Waals surface area contributed by atoms with Crippen molar-refractivity contribution in [2.45, 2.75) is 17.1 Å². The number of rotatable bonds is 3. The molecule has 0 aliphatic carbocycles. The summed E-state index contributed by atoms with van der Waals surface area (Å²) in [4.78, 5) is 20.9. The standard InChI is InChI=1S/C5H6Br2O2/c1-3(8)2-4(9)5(6)7/h5H,2H2,1H3. The largest absolute Gasteiger partial charge is 0.300 e. The van der Waals surface area contributed by atoms with Crippen LogP contribution in [0.1, 0.15) is 13.3 Å². The van der Waals surface area contributed by atoms with Crippen LogP contribution in [-0.4, -0.2) is 15.3 Å². The Morgan fingerprint density at radius 3 is 2.00 bits per heavy atom. The lowest BCUT2D eigenvalue weighted by molar-refractivity contribution is -0.124. The molecule has 0 heterocycles. The molecule has 0 aromatic heterocycles. The lowest BCUT2D eigenvalue weighted by atomic mass is 10.2. The minimum absolute atomic E-state index is 0.00116. The SMILES string of the molecule is CC(=O)CC(=O)C(Br)Br. The van der Waals surface area contributed by atoms with Crippen molar-refractivity contribution in [3.8, 4) is 0 Å². The first kappa shape index (κ1) is 9.30. The van der Waals surface area contributed by atoms with E-state index in [1.165, 1.54) is 6.92 Å². The van der Waals surface area contributed by atoms with Crippen LogP contribution in [0.15, 0.2) is 0 Å². The highest BCUT2D eigenvalue weighted by molar-refractivity contribution is 9.25. The Bertz CT molecular complexity index is 131. The van der Waals surface area contributed by atoms with Crippen molar-refractivity contribution >= 4 is 43.4 Å². The van der Waals surface area contributed by atoms with Crippen LogP contribution in [0.5, 0.6) is 0 Å². The van der Waals surface area contributed by atoms with Crippen LogP contribution < -0.4 is 0 Å². The Hall–Kier alpha value is 0.300. The Labute approximate surface area is 70.3 Å². The number of alkyl halides is 2. The molecule has 0 amide bonds. The third kappa shape index (κ3) is 4.78. The zero-order valence-electron chi connectivity index (χ0n) is 4.86. The third-order valence-electron chi connectivity index (χ3n) is 0.667. The van der Waals surface area contributed by atoms with Crippen LogP contribution in [0.3, 0.4) is 0 Å². The van der Waals surface area contributed by atoms with Crippen molar-refractivity contribution in [3.05, 3.63) is 0 Å². The fourth-order valence-corrected chi connectivity index (χ4v) is 0.646. The predicted molar refractivity (Wildman–Crippen MR) is 41.9 cm³/mol. The first-order valence-corrected chi connectivity index (χ1v) is 4.17. The van der Waals surface area contributed by atoms with Gasteiger partial charge >= 0.3 is 0 Å². The summed E-state index contributed by atoms with van der Waals surface area (Å²) in [6.07, 6.45) is 0.00116. The van der Waals surface area contributed by atoms with Crippen molar-refractivity contribution in [3.63, 3.8) is 0 Å². The van der Waals surface area contributed by atoms with Crippen molar-refractivity contribution < 1.29 is 9.59 Å². The van der Waals surface area contributed by atoms with Crippen molar-refractivity contribution in [1.29, 1.82) is 0 Å². The lowest BCUT2D eigenvalue weighted by Gasteiger charge is -1.95. The molecule has 9 heavy (non-hydrogen) atoms. The van der Waals surface area contributed by atoms with E-state index in [9.17, 15) is 9.59 Å². The highest BCUT2D eigenvalue weighted by Crippen LogP contribution is 2.10. The number of carbonyl (C=O) groups is 2. The van der Waals surface area contributed by atoms with Crippen LogP contribution in [0, 0.1) is 0 Å². The monoisotopic (exact) mass is 256 g/mol. The Balaban J connectivity index is 3.64. The highest BCUT2D eigenvalue weighted by Gasteiger charge is 2.11. The van der Waals surface area contributed by atoms with E-state index >= 15 is 0 Å². The molecule has 0 aromatic carbocycles. The average Bonchev–Trinajstić information content (AvgIpc) is 1.63. The quantitative estimate of drug-likeness (QED) is 0.569. The molecule has 2 nitrogen and oxygen atoms in total. The molecule has 0 radical (unpaired) electrons. The van der Waals surface area contributed by atoms with E-state index in [4.69, 9.17) is 0 Å². The molecular formula is C5H6Br2O2. The Morgan fingerprint density at radius 2 is 1.89 bits per heavy atom. The Kier molecular flexibility index (Phi) is 4.31. The van der Waals surface area contributed by atoms with E-state index in [-0.39, 0.29) is 21.7 Å². The number of halogens is 2. The van der Waals surface area contributed by atoms with Crippen LogP contribution in [0.4, 0.5) is 0 Å². The molecule has 0 bridgehead atoms. The molecular weight excluding hydrogens is 252 g/mol. The summed E-state index contributed by atoms with van der Waals surface area (Å²) in [5, 5.41) is 0. The fraction of sp³-hybridized carbons (Fsp3) is 0.600. The van der Waals surface area contributed by atoms with E-state index in [0.717, 1.165) is 0 Å².